The summed E-state index contributed by atoms with van der Waals surface area (Å²) in [7, 11) is 1.46. The standard InChI is InChI=1S/C18H19NO2/c1-21-18(20)15-12-19-17(14-10-6-3-7-11-14)16(15)13-8-4-2-5-9-13/h2-11,15-17,19H,12H2,1H3. The molecule has 3 rings (SSSR count). The zero-order valence-corrected chi connectivity index (χ0v) is 12.0. The fourth-order valence-corrected chi connectivity index (χ4v) is 3.21. The molecule has 3 atom stereocenters. The number of ether oxygens (including phenoxy) is 1. The van der Waals surface area contributed by atoms with E-state index < -0.39 is 0 Å². The van der Waals surface area contributed by atoms with Crippen LogP contribution < -0.4 is 5.32 Å². The van der Waals surface area contributed by atoms with E-state index in [0.717, 1.165) is 0 Å². The first kappa shape index (κ1) is 13.8. The molecule has 3 nitrogen and oxygen atoms in total. The Morgan fingerprint density at radius 3 is 2.14 bits per heavy atom. The number of rotatable bonds is 3. The Kier molecular flexibility index (Phi) is 4.02. The maximum atomic E-state index is 12.1. The van der Waals surface area contributed by atoms with E-state index in [1.54, 1.807) is 0 Å². The molecule has 1 N–H and O–H groups in total. The second-order valence-electron chi connectivity index (χ2n) is 5.36. The monoisotopic (exact) mass is 281 g/mol. The molecule has 2 aromatic rings. The number of carbonyl (C=O) groups excluding carboxylic acids is 1. The highest BCUT2D eigenvalue weighted by molar-refractivity contribution is 5.74. The minimum Gasteiger partial charge on any atom is -0.469 e. The molecular weight excluding hydrogens is 262 g/mol. The molecule has 1 fully saturated rings. The molecule has 0 aliphatic carbocycles. The summed E-state index contributed by atoms with van der Waals surface area (Å²) in [6, 6.07) is 20.6. The fraction of sp³-hybridized carbons (Fsp3) is 0.278. The molecule has 0 spiro atoms. The van der Waals surface area contributed by atoms with Crippen molar-refractivity contribution in [2.24, 2.45) is 5.92 Å². The number of benzene rings is 2. The van der Waals surface area contributed by atoms with E-state index in [1.807, 2.05) is 36.4 Å². The van der Waals surface area contributed by atoms with Crippen molar-refractivity contribution in [3.8, 4) is 0 Å². The number of hydrogen-bond acceptors (Lipinski definition) is 3. The molecule has 0 bridgehead atoms. The summed E-state index contributed by atoms with van der Waals surface area (Å²) in [5.41, 5.74) is 2.38. The van der Waals surface area contributed by atoms with Crippen LogP contribution in [0.4, 0.5) is 0 Å². The molecule has 2 aromatic carbocycles. The predicted molar refractivity (Wildman–Crippen MR) is 81.9 cm³/mol. The van der Waals surface area contributed by atoms with Crippen LogP contribution in [0.2, 0.25) is 0 Å². The van der Waals surface area contributed by atoms with Gasteiger partial charge in [0.1, 0.15) is 0 Å². The maximum absolute atomic E-state index is 12.1. The summed E-state index contributed by atoms with van der Waals surface area (Å²) in [6.07, 6.45) is 0. The molecule has 108 valence electrons. The van der Waals surface area contributed by atoms with Gasteiger partial charge in [0.15, 0.2) is 0 Å². The van der Waals surface area contributed by atoms with E-state index in [0.29, 0.717) is 6.54 Å². The lowest BCUT2D eigenvalue weighted by molar-refractivity contribution is -0.145. The SMILES string of the molecule is COC(=O)C1CNC(c2ccccc2)C1c1ccccc1. The Labute approximate surface area is 124 Å². The highest BCUT2D eigenvalue weighted by Crippen LogP contribution is 2.41. The molecule has 1 heterocycles. The van der Waals surface area contributed by atoms with Gasteiger partial charge in [0, 0.05) is 18.5 Å². The summed E-state index contributed by atoms with van der Waals surface area (Å²) in [5.74, 6) is -0.196. The Morgan fingerprint density at radius 2 is 1.57 bits per heavy atom. The molecule has 0 radical (unpaired) electrons. The van der Waals surface area contributed by atoms with E-state index in [-0.39, 0.29) is 23.8 Å². The maximum Gasteiger partial charge on any atom is 0.310 e. The molecule has 0 saturated carbocycles. The van der Waals surface area contributed by atoms with Gasteiger partial charge in [-0.1, -0.05) is 60.7 Å². The molecule has 21 heavy (non-hydrogen) atoms. The minimum absolute atomic E-state index is 0.0982. The molecule has 0 amide bonds. The van der Waals surface area contributed by atoms with Crippen LogP contribution >= 0.6 is 0 Å². The Bertz CT molecular complexity index is 597. The van der Waals surface area contributed by atoms with E-state index >= 15 is 0 Å². The first-order valence-electron chi connectivity index (χ1n) is 7.22. The van der Waals surface area contributed by atoms with Crippen molar-refractivity contribution >= 4 is 5.97 Å². The van der Waals surface area contributed by atoms with Gasteiger partial charge in [-0.05, 0) is 11.1 Å². The van der Waals surface area contributed by atoms with E-state index in [9.17, 15) is 4.79 Å². The highest BCUT2D eigenvalue weighted by atomic mass is 16.5. The minimum atomic E-state index is -0.150. The van der Waals surface area contributed by atoms with Gasteiger partial charge in [0.25, 0.3) is 0 Å². The van der Waals surface area contributed by atoms with Gasteiger partial charge in [0.2, 0.25) is 0 Å². The zero-order valence-electron chi connectivity index (χ0n) is 12.0. The van der Waals surface area contributed by atoms with Gasteiger partial charge >= 0.3 is 5.97 Å². The van der Waals surface area contributed by atoms with Crippen molar-refractivity contribution in [1.29, 1.82) is 0 Å². The highest BCUT2D eigenvalue weighted by Gasteiger charge is 2.42. The largest absolute Gasteiger partial charge is 0.469 e. The third-order valence-electron chi connectivity index (χ3n) is 4.20. The second-order valence-corrected chi connectivity index (χ2v) is 5.36. The first-order chi connectivity index (χ1) is 10.3. The average Bonchev–Trinajstić information content (AvgIpc) is 3.00. The van der Waals surface area contributed by atoms with Crippen LogP contribution in [0.3, 0.4) is 0 Å². The lowest BCUT2D eigenvalue weighted by Crippen LogP contribution is -2.23. The molecule has 1 aliphatic heterocycles. The normalized spacial score (nSPS) is 24.7. The smallest absolute Gasteiger partial charge is 0.310 e. The molecule has 3 unspecified atom stereocenters. The molecule has 3 heteroatoms. The lowest BCUT2D eigenvalue weighted by Gasteiger charge is -2.23. The van der Waals surface area contributed by atoms with Gasteiger partial charge in [-0.2, -0.15) is 0 Å². The van der Waals surface area contributed by atoms with E-state index in [4.69, 9.17) is 4.74 Å². The molecular formula is C18H19NO2. The third kappa shape index (κ3) is 2.69. The first-order valence-corrected chi connectivity index (χ1v) is 7.22. The van der Waals surface area contributed by atoms with Gasteiger partial charge in [-0.3, -0.25) is 4.79 Å². The van der Waals surface area contributed by atoms with Crippen molar-refractivity contribution in [1.82, 2.24) is 5.32 Å². The van der Waals surface area contributed by atoms with Crippen LogP contribution in [0, 0.1) is 5.92 Å². The zero-order chi connectivity index (χ0) is 14.7. The van der Waals surface area contributed by atoms with E-state index in [1.165, 1.54) is 18.2 Å². The Hall–Kier alpha value is -2.13. The summed E-state index contributed by atoms with van der Waals surface area (Å²) in [5, 5.41) is 3.49. The van der Waals surface area contributed by atoms with Gasteiger partial charge in [-0.25, -0.2) is 0 Å². The molecule has 1 saturated heterocycles. The van der Waals surface area contributed by atoms with Crippen LogP contribution in [0.25, 0.3) is 0 Å². The number of hydrogen-bond donors (Lipinski definition) is 1. The Morgan fingerprint density at radius 1 is 1.00 bits per heavy atom. The number of nitrogens with one attached hydrogen (secondary N) is 1. The van der Waals surface area contributed by atoms with Gasteiger partial charge < -0.3 is 10.1 Å². The molecule has 1 aliphatic rings. The summed E-state index contributed by atoms with van der Waals surface area (Å²) >= 11 is 0. The van der Waals surface area contributed by atoms with Gasteiger partial charge in [0.05, 0.1) is 13.0 Å². The van der Waals surface area contributed by atoms with Crippen LogP contribution in [0.5, 0.6) is 0 Å². The van der Waals surface area contributed by atoms with Crippen molar-refractivity contribution in [3.05, 3.63) is 71.8 Å². The lowest BCUT2D eigenvalue weighted by atomic mass is 9.81. The fourth-order valence-electron chi connectivity index (χ4n) is 3.21. The average molecular weight is 281 g/mol. The van der Waals surface area contributed by atoms with Crippen molar-refractivity contribution < 1.29 is 9.53 Å². The number of carbonyl (C=O) groups is 1. The molecule has 0 aromatic heterocycles. The second kappa shape index (κ2) is 6.10. The third-order valence-corrected chi connectivity index (χ3v) is 4.20. The Balaban J connectivity index is 1.99. The van der Waals surface area contributed by atoms with Crippen LogP contribution in [-0.2, 0) is 9.53 Å². The summed E-state index contributed by atoms with van der Waals surface area (Å²) in [6.45, 7) is 0.645. The van der Waals surface area contributed by atoms with Crippen LogP contribution in [0.15, 0.2) is 60.7 Å². The number of esters is 1. The van der Waals surface area contributed by atoms with Crippen LogP contribution in [-0.4, -0.2) is 19.6 Å². The van der Waals surface area contributed by atoms with Gasteiger partial charge in [-0.15, -0.1) is 0 Å². The van der Waals surface area contributed by atoms with Crippen LogP contribution in [0.1, 0.15) is 23.1 Å². The van der Waals surface area contributed by atoms with Crippen molar-refractivity contribution in [2.75, 3.05) is 13.7 Å². The topological polar surface area (TPSA) is 38.3 Å². The predicted octanol–water partition coefficient (Wildman–Crippen LogP) is 2.90. The van der Waals surface area contributed by atoms with E-state index in [2.05, 4.69) is 29.6 Å². The quantitative estimate of drug-likeness (QED) is 0.879. The summed E-state index contributed by atoms with van der Waals surface area (Å²) in [4.78, 5) is 12.1. The number of methoxy groups -OCH3 is 1. The summed E-state index contributed by atoms with van der Waals surface area (Å²) < 4.78 is 4.99. The van der Waals surface area contributed by atoms with Crippen molar-refractivity contribution in [3.63, 3.8) is 0 Å². The van der Waals surface area contributed by atoms with Crippen molar-refractivity contribution in [2.45, 2.75) is 12.0 Å².